The summed E-state index contributed by atoms with van der Waals surface area (Å²) >= 11 is 0. The van der Waals surface area contributed by atoms with Crippen molar-refractivity contribution in [2.24, 2.45) is 0 Å². The zero-order valence-electron chi connectivity index (χ0n) is 11.1. The van der Waals surface area contributed by atoms with Crippen molar-refractivity contribution in [3.05, 3.63) is 0 Å². The van der Waals surface area contributed by atoms with Gasteiger partial charge in [0.15, 0.2) is 0 Å². The van der Waals surface area contributed by atoms with Crippen LogP contribution in [0.1, 0.15) is 20.8 Å². The number of hydrogen-bond acceptors (Lipinski definition) is 6. The molecule has 0 spiro atoms. The van der Waals surface area contributed by atoms with Crippen molar-refractivity contribution in [2.75, 3.05) is 19.8 Å². The quantitative estimate of drug-likeness (QED) is 0.374. The van der Waals surface area contributed by atoms with Crippen LogP contribution >= 0.6 is 0 Å². The van der Waals surface area contributed by atoms with Crippen molar-refractivity contribution in [1.82, 2.24) is 0 Å². The number of rotatable bonds is 8. The van der Waals surface area contributed by atoms with Crippen molar-refractivity contribution in [3.8, 4) is 0 Å². The van der Waals surface area contributed by atoms with Crippen LogP contribution in [0, 0.1) is 0 Å². The maximum atomic E-state index is 11.1. The number of hydrogen-bond donors (Lipinski definition) is 0. The van der Waals surface area contributed by atoms with E-state index in [2.05, 4.69) is 0 Å². The predicted molar refractivity (Wildman–Crippen MR) is 65.1 cm³/mol. The topological polar surface area (TPSA) is 74.4 Å². The van der Waals surface area contributed by atoms with E-state index in [0.717, 1.165) is 6.61 Å². The van der Waals surface area contributed by atoms with Crippen molar-refractivity contribution in [1.29, 1.82) is 0 Å². The molecule has 1 aliphatic heterocycles. The Morgan fingerprint density at radius 3 is 2.22 bits per heavy atom. The smallest absolute Gasteiger partial charge is 0.466 e. The van der Waals surface area contributed by atoms with E-state index in [-0.39, 0.29) is 6.10 Å². The molecule has 7 heteroatoms. The van der Waals surface area contributed by atoms with E-state index in [4.69, 9.17) is 18.3 Å². The van der Waals surface area contributed by atoms with E-state index >= 15 is 0 Å². The third-order valence-electron chi connectivity index (χ3n) is 2.53. The van der Waals surface area contributed by atoms with Crippen LogP contribution in [0.15, 0.2) is 0 Å². The molecule has 0 N–H and O–H groups in total. The fourth-order valence-electron chi connectivity index (χ4n) is 1.57. The Morgan fingerprint density at radius 2 is 1.83 bits per heavy atom. The Bertz CT molecular complexity index is 286. The molecule has 104 valence electrons. The molecule has 1 rings (SSSR count). The lowest BCUT2D eigenvalue weighted by molar-refractivity contribution is -0.139. The zero-order chi connectivity index (χ0) is 13.6. The Hall–Kier alpha value is -0.923. The third-order valence-corrected chi connectivity index (χ3v) is 5.89. The van der Waals surface area contributed by atoms with Gasteiger partial charge in [-0.05, 0) is 0 Å². The fraction of sp³-hybridized carbons (Fsp3) is 0.818. The molecule has 1 atom stereocenters. The first-order chi connectivity index (χ1) is 8.47. The van der Waals surface area contributed by atoms with Crippen LogP contribution in [-0.4, -0.2) is 46.4 Å². The van der Waals surface area contributed by atoms with Gasteiger partial charge in [0, 0.05) is 25.9 Å². The number of carbonyl (C=O) groups is 2. The van der Waals surface area contributed by atoms with Crippen LogP contribution < -0.4 is 0 Å². The molecule has 0 saturated carbocycles. The summed E-state index contributed by atoms with van der Waals surface area (Å²) < 4.78 is 20.9. The van der Waals surface area contributed by atoms with Gasteiger partial charge in [-0.3, -0.25) is 9.59 Å². The molecule has 0 aromatic rings. The molecule has 1 fully saturated rings. The summed E-state index contributed by atoms with van der Waals surface area (Å²) in [6.07, 6.45) is 0.199. The van der Waals surface area contributed by atoms with Crippen molar-refractivity contribution in [2.45, 2.75) is 39.0 Å². The molecule has 1 saturated heterocycles. The highest BCUT2D eigenvalue weighted by atomic mass is 28.4. The second-order valence-electron chi connectivity index (χ2n) is 4.23. The Balaban J connectivity index is 2.43. The van der Waals surface area contributed by atoms with Crippen LogP contribution in [0.2, 0.25) is 12.1 Å². The number of carbonyl (C=O) groups excluding carboxylic acids is 2. The van der Waals surface area contributed by atoms with Gasteiger partial charge >= 0.3 is 8.56 Å². The minimum Gasteiger partial charge on any atom is -0.485 e. The summed E-state index contributed by atoms with van der Waals surface area (Å²) in [6.45, 7) is 6.17. The van der Waals surface area contributed by atoms with Crippen LogP contribution in [0.25, 0.3) is 0 Å². The summed E-state index contributed by atoms with van der Waals surface area (Å²) in [5.41, 5.74) is 0. The second kappa shape index (κ2) is 6.86. The standard InChI is InChI=1S/C11H20O6Si/c1-4-18(16-9(2)12,17-10(3)13)6-5-14-7-11-8-15-11/h11H,4-8H2,1-3H3. The highest BCUT2D eigenvalue weighted by molar-refractivity contribution is 6.70. The van der Waals surface area contributed by atoms with Gasteiger partial charge in [0.1, 0.15) is 6.10 Å². The molecule has 0 amide bonds. The van der Waals surface area contributed by atoms with Crippen LogP contribution in [0.5, 0.6) is 0 Å². The molecule has 6 nitrogen and oxygen atoms in total. The summed E-state index contributed by atoms with van der Waals surface area (Å²) in [5, 5.41) is 0. The monoisotopic (exact) mass is 276 g/mol. The van der Waals surface area contributed by atoms with Gasteiger partial charge < -0.3 is 18.3 Å². The van der Waals surface area contributed by atoms with E-state index in [1.165, 1.54) is 13.8 Å². The van der Waals surface area contributed by atoms with E-state index < -0.39 is 20.5 Å². The van der Waals surface area contributed by atoms with Crippen LogP contribution in [0.4, 0.5) is 0 Å². The number of ether oxygens (including phenoxy) is 2. The fourth-order valence-corrected chi connectivity index (χ4v) is 3.97. The van der Waals surface area contributed by atoms with Crippen molar-refractivity contribution in [3.63, 3.8) is 0 Å². The molecular weight excluding hydrogens is 256 g/mol. The minimum absolute atomic E-state index is 0.199. The first-order valence-corrected chi connectivity index (χ1v) is 8.29. The van der Waals surface area contributed by atoms with Crippen LogP contribution in [0.3, 0.4) is 0 Å². The van der Waals surface area contributed by atoms with Gasteiger partial charge in [0.25, 0.3) is 11.9 Å². The molecule has 0 aromatic carbocycles. The highest BCUT2D eigenvalue weighted by Gasteiger charge is 2.42. The summed E-state index contributed by atoms with van der Waals surface area (Å²) in [4.78, 5) is 22.2. The first-order valence-electron chi connectivity index (χ1n) is 6.06. The lowest BCUT2D eigenvalue weighted by atomic mass is 10.5. The second-order valence-corrected chi connectivity index (χ2v) is 7.67. The van der Waals surface area contributed by atoms with E-state index in [9.17, 15) is 9.59 Å². The first kappa shape index (κ1) is 15.1. The predicted octanol–water partition coefficient (Wildman–Crippen LogP) is 0.990. The van der Waals surface area contributed by atoms with Crippen molar-refractivity contribution < 1.29 is 27.9 Å². The van der Waals surface area contributed by atoms with E-state index in [1.807, 2.05) is 6.92 Å². The maximum absolute atomic E-state index is 11.1. The molecule has 18 heavy (non-hydrogen) atoms. The highest BCUT2D eigenvalue weighted by Crippen LogP contribution is 2.20. The largest absolute Gasteiger partial charge is 0.485 e. The average Bonchev–Trinajstić information content (AvgIpc) is 3.06. The molecule has 1 unspecified atom stereocenters. The van der Waals surface area contributed by atoms with Gasteiger partial charge in [-0.2, -0.15) is 0 Å². The molecule has 0 aliphatic carbocycles. The summed E-state index contributed by atoms with van der Waals surface area (Å²) in [7, 11) is -2.81. The lowest BCUT2D eigenvalue weighted by Crippen LogP contribution is -2.45. The summed E-state index contributed by atoms with van der Waals surface area (Å²) in [5.74, 6) is -0.842. The molecule has 1 heterocycles. The normalized spacial score (nSPS) is 18.3. The minimum atomic E-state index is -2.81. The van der Waals surface area contributed by atoms with E-state index in [1.54, 1.807) is 0 Å². The zero-order valence-corrected chi connectivity index (χ0v) is 12.1. The van der Waals surface area contributed by atoms with Crippen LogP contribution in [-0.2, 0) is 27.9 Å². The number of epoxide rings is 1. The molecular formula is C11H20O6Si. The van der Waals surface area contributed by atoms with Gasteiger partial charge in [0.05, 0.1) is 19.8 Å². The van der Waals surface area contributed by atoms with Gasteiger partial charge in [0.2, 0.25) is 0 Å². The molecule has 1 aliphatic rings. The molecule has 0 radical (unpaired) electrons. The SMILES string of the molecule is CC[Si](CCOCC1CO1)(OC(C)=O)OC(C)=O. The summed E-state index contributed by atoms with van der Waals surface area (Å²) in [6, 6.07) is 0.977. The van der Waals surface area contributed by atoms with E-state index in [0.29, 0.717) is 25.3 Å². The Labute approximate surface area is 108 Å². The average molecular weight is 276 g/mol. The van der Waals surface area contributed by atoms with Gasteiger partial charge in [-0.1, -0.05) is 6.92 Å². The molecule has 0 aromatic heterocycles. The van der Waals surface area contributed by atoms with Gasteiger partial charge in [-0.25, -0.2) is 0 Å². The maximum Gasteiger partial charge on any atom is 0.466 e. The Kier molecular flexibility index (Phi) is 5.77. The van der Waals surface area contributed by atoms with Crippen molar-refractivity contribution >= 4 is 20.5 Å². The Morgan fingerprint density at radius 1 is 1.28 bits per heavy atom. The molecule has 0 bridgehead atoms. The lowest BCUT2D eigenvalue weighted by Gasteiger charge is -2.27. The third kappa shape index (κ3) is 5.61. The van der Waals surface area contributed by atoms with Gasteiger partial charge in [-0.15, -0.1) is 0 Å².